The van der Waals surface area contributed by atoms with Crippen molar-refractivity contribution >= 4 is 5.97 Å². The molecule has 0 fully saturated rings. The number of hydrogen-bond donors (Lipinski definition) is 1. The van der Waals surface area contributed by atoms with Crippen LogP contribution in [0.2, 0.25) is 0 Å². The number of ether oxygens (including phenoxy) is 1. The molecule has 0 amide bonds. The van der Waals surface area contributed by atoms with Crippen LogP contribution in [0.25, 0.3) is 0 Å². The van der Waals surface area contributed by atoms with Crippen molar-refractivity contribution in [1.29, 1.82) is 0 Å². The number of esters is 1. The van der Waals surface area contributed by atoms with Crippen LogP contribution in [0.3, 0.4) is 0 Å². The Balaban J connectivity index is 2.34. The second-order valence-electron chi connectivity index (χ2n) is 3.65. The van der Waals surface area contributed by atoms with Gasteiger partial charge in [0, 0.05) is 18.3 Å². The summed E-state index contributed by atoms with van der Waals surface area (Å²) in [4.78, 5) is 15.6. The molecule has 0 radical (unpaired) electrons. The molecule has 88 valence electrons. The van der Waals surface area contributed by atoms with Gasteiger partial charge in [-0.05, 0) is 18.6 Å². The lowest BCUT2D eigenvalue weighted by Crippen LogP contribution is -2.34. The van der Waals surface area contributed by atoms with Gasteiger partial charge in [0.1, 0.15) is 6.04 Å². The van der Waals surface area contributed by atoms with Crippen molar-refractivity contribution in [2.75, 3.05) is 6.61 Å². The van der Waals surface area contributed by atoms with Crippen molar-refractivity contribution in [1.82, 2.24) is 4.98 Å². The van der Waals surface area contributed by atoms with Crippen LogP contribution in [0.15, 0.2) is 24.4 Å². The van der Waals surface area contributed by atoms with E-state index in [0.29, 0.717) is 13.0 Å². The van der Waals surface area contributed by atoms with E-state index in [1.54, 1.807) is 6.20 Å². The lowest BCUT2D eigenvalue weighted by Gasteiger charge is -2.10. The molecule has 0 spiro atoms. The largest absolute Gasteiger partial charge is 0.465 e. The number of unbranched alkanes of at least 4 members (excludes halogenated alkanes) is 1. The number of aromatic nitrogens is 1. The number of nitrogens with two attached hydrogens (primary N) is 1. The minimum absolute atomic E-state index is 0.348. The molecule has 1 rings (SSSR count). The van der Waals surface area contributed by atoms with Gasteiger partial charge in [0.25, 0.3) is 0 Å². The SMILES string of the molecule is CCCCOC(=O)[C@@H](N)Cc1ccccn1. The topological polar surface area (TPSA) is 65.2 Å². The maximum atomic E-state index is 11.4. The summed E-state index contributed by atoms with van der Waals surface area (Å²) in [5.74, 6) is -0.348. The molecule has 1 aromatic rings. The zero-order valence-electron chi connectivity index (χ0n) is 9.56. The Bertz CT molecular complexity index is 314. The van der Waals surface area contributed by atoms with Gasteiger partial charge in [-0.25, -0.2) is 0 Å². The van der Waals surface area contributed by atoms with E-state index < -0.39 is 6.04 Å². The number of hydrogen-bond acceptors (Lipinski definition) is 4. The van der Waals surface area contributed by atoms with Crippen molar-refractivity contribution in [3.63, 3.8) is 0 Å². The minimum atomic E-state index is -0.619. The van der Waals surface area contributed by atoms with Crippen molar-refractivity contribution in [3.05, 3.63) is 30.1 Å². The van der Waals surface area contributed by atoms with Crippen molar-refractivity contribution in [3.8, 4) is 0 Å². The highest BCUT2D eigenvalue weighted by atomic mass is 16.5. The van der Waals surface area contributed by atoms with Gasteiger partial charge in [-0.1, -0.05) is 19.4 Å². The molecular formula is C12H18N2O2. The lowest BCUT2D eigenvalue weighted by atomic mass is 10.1. The standard InChI is InChI=1S/C12H18N2O2/c1-2-3-8-16-12(15)11(13)9-10-6-4-5-7-14-10/h4-7,11H,2-3,8-9,13H2,1H3/t11-/m0/s1. The van der Waals surface area contributed by atoms with E-state index in [9.17, 15) is 4.79 Å². The summed E-state index contributed by atoms with van der Waals surface area (Å²) in [6.07, 6.45) is 3.99. The third-order valence-electron chi connectivity index (χ3n) is 2.20. The Morgan fingerprint density at radius 3 is 3.00 bits per heavy atom. The van der Waals surface area contributed by atoms with E-state index in [1.165, 1.54) is 0 Å². The summed E-state index contributed by atoms with van der Waals surface area (Å²) in [6, 6.07) is 4.93. The molecule has 1 aromatic heterocycles. The molecule has 0 saturated heterocycles. The van der Waals surface area contributed by atoms with Crippen LogP contribution in [0, 0.1) is 0 Å². The zero-order valence-corrected chi connectivity index (χ0v) is 9.56. The first kappa shape index (κ1) is 12.6. The molecule has 1 atom stereocenters. The molecule has 1 heterocycles. The maximum absolute atomic E-state index is 11.4. The van der Waals surface area contributed by atoms with Gasteiger partial charge in [-0.2, -0.15) is 0 Å². The van der Waals surface area contributed by atoms with Gasteiger partial charge in [-0.15, -0.1) is 0 Å². The van der Waals surface area contributed by atoms with Crippen LogP contribution < -0.4 is 5.73 Å². The van der Waals surface area contributed by atoms with Crippen LogP contribution in [-0.2, 0) is 16.0 Å². The van der Waals surface area contributed by atoms with E-state index in [4.69, 9.17) is 10.5 Å². The van der Waals surface area contributed by atoms with E-state index in [1.807, 2.05) is 25.1 Å². The molecule has 0 aliphatic carbocycles. The van der Waals surface area contributed by atoms with E-state index >= 15 is 0 Å². The molecule has 0 aliphatic heterocycles. The fourth-order valence-corrected chi connectivity index (χ4v) is 1.25. The fourth-order valence-electron chi connectivity index (χ4n) is 1.25. The Hall–Kier alpha value is -1.42. The highest BCUT2D eigenvalue weighted by Gasteiger charge is 2.15. The number of pyridine rings is 1. The first-order valence-electron chi connectivity index (χ1n) is 5.56. The first-order valence-corrected chi connectivity index (χ1v) is 5.56. The molecule has 4 heteroatoms. The summed E-state index contributed by atoms with van der Waals surface area (Å²) >= 11 is 0. The summed E-state index contributed by atoms with van der Waals surface area (Å²) in [6.45, 7) is 2.49. The second kappa shape index (κ2) is 6.95. The van der Waals surface area contributed by atoms with Crippen LogP contribution in [0.4, 0.5) is 0 Å². The Kier molecular flexibility index (Phi) is 5.50. The summed E-state index contributed by atoms with van der Waals surface area (Å²) in [7, 11) is 0. The normalized spacial score (nSPS) is 12.1. The molecule has 0 aliphatic rings. The van der Waals surface area contributed by atoms with Crippen molar-refractivity contribution in [2.45, 2.75) is 32.2 Å². The van der Waals surface area contributed by atoms with Gasteiger partial charge in [0.05, 0.1) is 6.61 Å². The Morgan fingerprint density at radius 2 is 2.38 bits per heavy atom. The number of carbonyl (C=O) groups is 1. The molecular weight excluding hydrogens is 204 g/mol. The van der Waals surface area contributed by atoms with Crippen LogP contribution in [0.5, 0.6) is 0 Å². The van der Waals surface area contributed by atoms with Gasteiger partial charge >= 0.3 is 5.97 Å². The minimum Gasteiger partial charge on any atom is -0.465 e. The predicted molar refractivity (Wildman–Crippen MR) is 61.8 cm³/mol. The average Bonchev–Trinajstić information content (AvgIpc) is 2.30. The summed E-state index contributed by atoms with van der Waals surface area (Å²) in [5, 5.41) is 0. The van der Waals surface area contributed by atoms with Crippen molar-refractivity contribution < 1.29 is 9.53 Å². The smallest absolute Gasteiger partial charge is 0.323 e. The molecule has 16 heavy (non-hydrogen) atoms. The van der Waals surface area contributed by atoms with Crippen LogP contribution in [-0.4, -0.2) is 23.6 Å². The van der Waals surface area contributed by atoms with E-state index in [2.05, 4.69) is 4.98 Å². The van der Waals surface area contributed by atoms with Gasteiger partial charge < -0.3 is 10.5 Å². The Labute approximate surface area is 95.8 Å². The highest BCUT2D eigenvalue weighted by molar-refractivity contribution is 5.75. The predicted octanol–water partition coefficient (Wildman–Crippen LogP) is 1.29. The third-order valence-corrected chi connectivity index (χ3v) is 2.20. The molecule has 0 saturated carbocycles. The molecule has 0 bridgehead atoms. The number of nitrogens with zero attached hydrogens (tertiary/aromatic N) is 1. The zero-order chi connectivity index (χ0) is 11.8. The second-order valence-corrected chi connectivity index (χ2v) is 3.65. The monoisotopic (exact) mass is 222 g/mol. The van der Waals surface area contributed by atoms with Gasteiger partial charge in [0.15, 0.2) is 0 Å². The van der Waals surface area contributed by atoms with E-state index in [-0.39, 0.29) is 5.97 Å². The fraction of sp³-hybridized carbons (Fsp3) is 0.500. The first-order chi connectivity index (χ1) is 7.74. The molecule has 0 unspecified atom stereocenters. The van der Waals surface area contributed by atoms with Gasteiger partial charge in [-0.3, -0.25) is 9.78 Å². The molecule has 0 aromatic carbocycles. The van der Waals surface area contributed by atoms with E-state index in [0.717, 1.165) is 18.5 Å². The number of carbonyl (C=O) groups excluding carboxylic acids is 1. The van der Waals surface area contributed by atoms with Crippen LogP contribution in [0.1, 0.15) is 25.5 Å². The molecule has 4 nitrogen and oxygen atoms in total. The summed E-state index contributed by atoms with van der Waals surface area (Å²) in [5.41, 5.74) is 6.52. The quantitative estimate of drug-likeness (QED) is 0.582. The highest BCUT2D eigenvalue weighted by Crippen LogP contribution is 2.00. The van der Waals surface area contributed by atoms with Crippen molar-refractivity contribution in [2.24, 2.45) is 5.73 Å². The van der Waals surface area contributed by atoms with Crippen LogP contribution >= 0.6 is 0 Å². The Morgan fingerprint density at radius 1 is 1.56 bits per heavy atom. The molecule has 2 N–H and O–H groups in total. The van der Waals surface area contributed by atoms with Gasteiger partial charge in [0.2, 0.25) is 0 Å². The lowest BCUT2D eigenvalue weighted by molar-refractivity contribution is -0.145. The average molecular weight is 222 g/mol. The summed E-state index contributed by atoms with van der Waals surface area (Å²) < 4.78 is 5.02. The maximum Gasteiger partial charge on any atom is 0.323 e. The number of rotatable bonds is 6. The third kappa shape index (κ3) is 4.40.